The third-order valence-corrected chi connectivity index (χ3v) is 3.91. The highest BCUT2D eigenvalue weighted by Crippen LogP contribution is 2.15. The number of hydrogen-bond donors (Lipinski definition) is 1. The van der Waals surface area contributed by atoms with Crippen molar-refractivity contribution in [2.75, 3.05) is 5.32 Å². The molecule has 3 aromatic rings. The van der Waals surface area contributed by atoms with Crippen LogP contribution in [0.15, 0.2) is 53.3 Å². The van der Waals surface area contributed by atoms with Gasteiger partial charge in [0.15, 0.2) is 11.8 Å². The third kappa shape index (κ3) is 3.84. The summed E-state index contributed by atoms with van der Waals surface area (Å²) in [6.45, 7) is 1.40. The number of halogens is 1. The highest BCUT2D eigenvalue weighted by atomic mass is 19.1. The van der Waals surface area contributed by atoms with E-state index in [0.717, 1.165) is 4.68 Å². The van der Waals surface area contributed by atoms with Crippen molar-refractivity contribution < 1.29 is 18.7 Å². The van der Waals surface area contributed by atoms with E-state index in [9.17, 15) is 18.8 Å². The molecular weight excluding hydrogens is 353 g/mol. The quantitative estimate of drug-likeness (QED) is 0.713. The molecule has 27 heavy (non-hydrogen) atoms. The molecule has 0 saturated carbocycles. The van der Waals surface area contributed by atoms with Gasteiger partial charge in [-0.1, -0.05) is 18.2 Å². The number of anilines is 1. The number of fused-ring (bicyclic) bond motifs is 1. The minimum Gasteiger partial charge on any atom is -0.448 e. The van der Waals surface area contributed by atoms with Crippen LogP contribution in [-0.2, 0) is 16.6 Å². The fourth-order valence-corrected chi connectivity index (χ4v) is 2.50. The molecular formula is C19H16FN3O4. The molecule has 0 radical (unpaired) electrons. The summed E-state index contributed by atoms with van der Waals surface area (Å²) < 4.78 is 19.2. The van der Waals surface area contributed by atoms with Crippen molar-refractivity contribution >= 4 is 28.3 Å². The Morgan fingerprint density at radius 1 is 1.11 bits per heavy atom. The van der Waals surface area contributed by atoms with Crippen LogP contribution in [0.3, 0.4) is 0 Å². The number of amides is 1. The predicted octanol–water partition coefficient (Wildman–Crippen LogP) is 2.26. The molecule has 0 saturated heterocycles. The Hall–Kier alpha value is -3.55. The maximum absolute atomic E-state index is 12.9. The molecule has 0 unspecified atom stereocenters. The molecule has 138 valence electrons. The summed E-state index contributed by atoms with van der Waals surface area (Å²) >= 11 is 0. The number of aryl methyl sites for hydroxylation is 1. The third-order valence-electron chi connectivity index (χ3n) is 3.91. The average molecular weight is 369 g/mol. The van der Waals surface area contributed by atoms with Crippen molar-refractivity contribution in [3.8, 4) is 0 Å². The van der Waals surface area contributed by atoms with E-state index in [0.29, 0.717) is 16.5 Å². The fraction of sp³-hybridized carbons (Fsp3) is 0.158. The standard InChI is InChI=1S/C19H16FN3O4/c1-11(17(24)21-13-9-7-12(20)8-10-13)27-19(26)16-14-5-3-4-6-15(14)18(25)23(2)22-16/h3-11H,1-2H3,(H,21,24)/t11-/m0/s1. The maximum Gasteiger partial charge on any atom is 0.360 e. The number of hydrogen-bond acceptors (Lipinski definition) is 5. The molecule has 0 spiro atoms. The van der Waals surface area contributed by atoms with Crippen LogP contribution in [0, 0.1) is 5.82 Å². The highest BCUT2D eigenvalue weighted by Gasteiger charge is 2.23. The van der Waals surface area contributed by atoms with E-state index in [1.807, 2.05) is 0 Å². The first kappa shape index (κ1) is 18.2. The van der Waals surface area contributed by atoms with Crippen LogP contribution in [-0.4, -0.2) is 27.8 Å². The second-order valence-corrected chi connectivity index (χ2v) is 5.87. The number of ether oxygens (including phenoxy) is 1. The molecule has 3 rings (SSSR count). The first-order valence-corrected chi connectivity index (χ1v) is 8.10. The number of benzene rings is 2. The van der Waals surface area contributed by atoms with Gasteiger partial charge in [-0.25, -0.2) is 13.9 Å². The molecule has 0 aliphatic carbocycles. The van der Waals surface area contributed by atoms with Gasteiger partial charge >= 0.3 is 5.97 Å². The predicted molar refractivity (Wildman–Crippen MR) is 96.9 cm³/mol. The fourth-order valence-electron chi connectivity index (χ4n) is 2.50. The summed E-state index contributed by atoms with van der Waals surface area (Å²) in [6.07, 6.45) is -1.12. The van der Waals surface area contributed by atoms with Gasteiger partial charge in [0.05, 0.1) is 5.39 Å². The van der Waals surface area contributed by atoms with Crippen molar-refractivity contribution in [2.24, 2.45) is 7.05 Å². The Morgan fingerprint density at radius 2 is 1.74 bits per heavy atom. The molecule has 1 N–H and O–H groups in total. The van der Waals surface area contributed by atoms with Crippen LogP contribution in [0.4, 0.5) is 10.1 Å². The van der Waals surface area contributed by atoms with Gasteiger partial charge in [0.25, 0.3) is 11.5 Å². The number of esters is 1. The summed E-state index contributed by atoms with van der Waals surface area (Å²) in [4.78, 5) is 36.8. The van der Waals surface area contributed by atoms with Crippen molar-refractivity contribution in [3.05, 3.63) is 70.4 Å². The number of nitrogens with zero attached hydrogens (tertiary/aromatic N) is 2. The largest absolute Gasteiger partial charge is 0.448 e. The average Bonchev–Trinajstić information content (AvgIpc) is 2.66. The molecule has 2 aromatic carbocycles. The van der Waals surface area contributed by atoms with Crippen LogP contribution in [0.2, 0.25) is 0 Å². The van der Waals surface area contributed by atoms with E-state index in [1.54, 1.807) is 24.3 Å². The van der Waals surface area contributed by atoms with Gasteiger partial charge in [0.2, 0.25) is 0 Å². The van der Waals surface area contributed by atoms with Crippen molar-refractivity contribution in [1.82, 2.24) is 9.78 Å². The lowest BCUT2D eigenvalue weighted by atomic mass is 10.1. The molecule has 0 aliphatic rings. The number of aromatic nitrogens is 2. The van der Waals surface area contributed by atoms with E-state index in [2.05, 4.69) is 10.4 Å². The first-order valence-electron chi connectivity index (χ1n) is 8.10. The van der Waals surface area contributed by atoms with Crippen LogP contribution >= 0.6 is 0 Å². The van der Waals surface area contributed by atoms with Gasteiger partial charge in [0, 0.05) is 18.1 Å². The van der Waals surface area contributed by atoms with E-state index in [4.69, 9.17) is 4.74 Å². The lowest BCUT2D eigenvalue weighted by Gasteiger charge is -2.14. The number of carbonyl (C=O) groups is 2. The molecule has 1 amide bonds. The summed E-state index contributed by atoms with van der Waals surface area (Å²) in [5.74, 6) is -1.84. The van der Waals surface area contributed by atoms with Crippen molar-refractivity contribution in [2.45, 2.75) is 13.0 Å². The number of rotatable bonds is 4. The zero-order valence-corrected chi connectivity index (χ0v) is 14.6. The zero-order chi connectivity index (χ0) is 19.6. The Kier molecular flexibility index (Phi) is 4.98. The SMILES string of the molecule is C[C@H](OC(=O)c1nn(C)c(=O)c2ccccc12)C(=O)Nc1ccc(F)cc1. The zero-order valence-electron chi connectivity index (χ0n) is 14.6. The van der Waals surface area contributed by atoms with Gasteiger partial charge < -0.3 is 10.1 Å². The van der Waals surface area contributed by atoms with Crippen LogP contribution < -0.4 is 10.9 Å². The molecule has 1 atom stereocenters. The van der Waals surface area contributed by atoms with Crippen LogP contribution in [0.25, 0.3) is 10.8 Å². The molecule has 8 heteroatoms. The number of nitrogens with one attached hydrogen (secondary N) is 1. The normalized spacial score (nSPS) is 11.8. The van der Waals surface area contributed by atoms with Crippen LogP contribution in [0.5, 0.6) is 0 Å². The Balaban J connectivity index is 1.80. The van der Waals surface area contributed by atoms with E-state index >= 15 is 0 Å². The summed E-state index contributed by atoms with van der Waals surface area (Å²) in [5.41, 5.74) is -0.0339. The second kappa shape index (κ2) is 7.36. The maximum atomic E-state index is 12.9. The lowest BCUT2D eigenvalue weighted by molar-refractivity contribution is -0.123. The summed E-state index contributed by atoms with van der Waals surface area (Å²) in [5, 5.41) is 7.16. The molecule has 0 bridgehead atoms. The lowest BCUT2D eigenvalue weighted by Crippen LogP contribution is -2.31. The van der Waals surface area contributed by atoms with Crippen molar-refractivity contribution in [1.29, 1.82) is 0 Å². The van der Waals surface area contributed by atoms with Crippen LogP contribution in [0.1, 0.15) is 17.4 Å². The van der Waals surface area contributed by atoms with Gasteiger partial charge in [0.1, 0.15) is 5.82 Å². The Bertz CT molecular complexity index is 1080. The van der Waals surface area contributed by atoms with Crippen molar-refractivity contribution in [3.63, 3.8) is 0 Å². The Labute approximate surface area is 153 Å². The monoisotopic (exact) mass is 369 g/mol. The molecule has 7 nitrogen and oxygen atoms in total. The second-order valence-electron chi connectivity index (χ2n) is 5.87. The van der Waals surface area contributed by atoms with Gasteiger partial charge in [-0.05, 0) is 37.3 Å². The highest BCUT2D eigenvalue weighted by molar-refractivity contribution is 6.03. The summed E-state index contributed by atoms with van der Waals surface area (Å²) in [6, 6.07) is 11.7. The smallest absolute Gasteiger partial charge is 0.360 e. The van der Waals surface area contributed by atoms with Gasteiger partial charge in [-0.3, -0.25) is 9.59 Å². The first-order chi connectivity index (χ1) is 12.9. The number of carbonyl (C=O) groups excluding carboxylic acids is 2. The van der Waals surface area contributed by atoms with E-state index in [-0.39, 0.29) is 11.3 Å². The molecule has 0 fully saturated rings. The minimum atomic E-state index is -1.12. The van der Waals surface area contributed by atoms with E-state index in [1.165, 1.54) is 38.2 Å². The molecule has 0 aliphatic heterocycles. The van der Waals surface area contributed by atoms with E-state index < -0.39 is 23.8 Å². The summed E-state index contributed by atoms with van der Waals surface area (Å²) in [7, 11) is 1.43. The molecule has 1 aromatic heterocycles. The minimum absolute atomic E-state index is 0.0610. The van der Waals surface area contributed by atoms with Gasteiger partial charge in [-0.15, -0.1) is 0 Å². The molecule has 1 heterocycles. The van der Waals surface area contributed by atoms with Gasteiger partial charge in [-0.2, -0.15) is 5.10 Å². The Morgan fingerprint density at radius 3 is 2.41 bits per heavy atom. The topological polar surface area (TPSA) is 90.3 Å².